The molecule has 1 saturated heterocycles. The molecule has 5 rings (SSSR count). The lowest BCUT2D eigenvalue weighted by atomic mass is 9.86. The molecule has 136 valence electrons. The molecule has 1 amide bonds. The van der Waals surface area contributed by atoms with Crippen molar-refractivity contribution in [1.29, 1.82) is 0 Å². The molecule has 1 aromatic rings. The number of hydrogen-bond acceptors (Lipinski definition) is 3. The quantitative estimate of drug-likeness (QED) is 0.829. The number of nitrogens with zero attached hydrogens (tertiary/aromatic N) is 4. The van der Waals surface area contributed by atoms with Gasteiger partial charge in [0.25, 0.3) is 0 Å². The van der Waals surface area contributed by atoms with Crippen molar-refractivity contribution in [3.63, 3.8) is 0 Å². The minimum atomic E-state index is 0.327. The van der Waals surface area contributed by atoms with Crippen molar-refractivity contribution in [3.05, 3.63) is 11.6 Å². The van der Waals surface area contributed by atoms with Gasteiger partial charge in [-0.3, -0.25) is 4.79 Å². The maximum atomic E-state index is 13.1. The smallest absolute Gasteiger partial charge is 0.225 e. The molecule has 5 nitrogen and oxygen atoms in total. The Bertz CT molecular complexity index is 654. The number of hydrogen-bond donors (Lipinski definition) is 0. The summed E-state index contributed by atoms with van der Waals surface area (Å²) in [6.45, 7) is 2.88. The first-order chi connectivity index (χ1) is 12.3. The molecule has 0 spiro atoms. The average Bonchev–Trinajstić information content (AvgIpc) is 3.34. The highest BCUT2D eigenvalue weighted by atomic mass is 16.2. The highest BCUT2D eigenvalue weighted by Crippen LogP contribution is 2.49. The first-order valence-electron chi connectivity index (χ1n) is 10.5. The number of likely N-dealkylation sites (tertiary alicyclic amines) is 1. The van der Waals surface area contributed by atoms with E-state index in [0.717, 1.165) is 57.1 Å². The summed E-state index contributed by atoms with van der Waals surface area (Å²) in [6, 6.07) is 0. The normalized spacial score (nSPS) is 34.8. The van der Waals surface area contributed by atoms with Gasteiger partial charge in [0.15, 0.2) is 0 Å². The van der Waals surface area contributed by atoms with Crippen molar-refractivity contribution in [1.82, 2.24) is 19.7 Å². The van der Waals surface area contributed by atoms with Crippen LogP contribution >= 0.6 is 0 Å². The van der Waals surface area contributed by atoms with Crippen LogP contribution in [-0.2, 0) is 17.8 Å². The van der Waals surface area contributed by atoms with Gasteiger partial charge in [-0.1, -0.05) is 12.8 Å². The largest absolute Gasteiger partial charge is 0.342 e. The molecular formula is C20H30N4O. The molecule has 2 saturated carbocycles. The Morgan fingerprint density at radius 1 is 0.960 bits per heavy atom. The Labute approximate surface area is 150 Å². The third kappa shape index (κ3) is 2.80. The molecule has 25 heavy (non-hydrogen) atoms. The molecule has 0 N–H and O–H groups in total. The van der Waals surface area contributed by atoms with Crippen LogP contribution in [0.15, 0.2) is 0 Å². The fourth-order valence-corrected chi connectivity index (χ4v) is 5.98. The fourth-order valence-electron chi connectivity index (χ4n) is 5.98. The minimum Gasteiger partial charge on any atom is -0.342 e. The highest BCUT2D eigenvalue weighted by Gasteiger charge is 2.45. The summed E-state index contributed by atoms with van der Waals surface area (Å²) in [5.41, 5.74) is 0. The van der Waals surface area contributed by atoms with Crippen LogP contribution in [0.25, 0.3) is 0 Å². The lowest BCUT2D eigenvalue weighted by Gasteiger charge is -2.35. The first-order valence-corrected chi connectivity index (χ1v) is 10.5. The number of carbonyl (C=O) groups is 1. The Kier molecular flexibility index (Phi) is 4.05. The maximum absolute atomic E-state index is 13.1. The zero-order valence-corrected chi connectivity index (χ0v) is 15.2. The van der Waals surface area contributed by atoms with Gasteiger partial charge in [0.05, 0.1) is 0 Å². The summed E-state index contributed by atoms with van der Waals surface area (Å²) >= 11 is 0. The second-order valence-electron chi connectivity index (χ2n) is 8.84. The lowest BCUT2D eigenvalue weighted by Crippen LogP contribution is -2.44. The molecule has 3 heterocycles. The van der Waals surface area contributed by atoms with Crippen molar-refractivity contribution >= 4 is 5.91 Å². The molecule has 5 heteroatoms. The Morgan fingerprint density at radius 2 is 1.92 bits per heavy atom. The van der Waals surface area contributed by atoms with Gasteiger partial charge >= 0.3 is 0 Å². The third-order valence-corrected chi connectivity index (χ3v) is 7.29. The van der Waals surface area contributed by atoms with E-state index in [2.05, 4.69) is 19.7 Å². The standard InChI is InChI=1S/C20H30N4O/c25-20(17-12-14-7-8-15(17)11-14)23-9-4-5-16(13-23)19-22-21-18-6-2-1-3-10-24(18)19/h14-17H,1-13H2/t14-,15-,16+,17+/m1/s1. The summed E-state index contributed by atoms with van der Waals surface area (Å²) in [4.78, 5) is 15.3. The summed E-state index contributed by atoms with van der Waals surface area (Å²) < 4.78 is 2.38. The SMILES string of the molecule is O=C([C@H]1C[C@@H]2CC[C@@H]1C2)N1CCC[C@H](c2nnc3n2CCCCC3)C1. The molecule has 1 aromatic heterocycles. The first kappa shape index (κ1) is 15.8. The van der Waals surface area contributed by atoms with E-state index in [0.29, 0.717) is 23.7 Å². The van der Waals surface area contributed by atoms with Crippen LogP contribution < -0.4 is 0 Å². The number of fused-ring (bicyclic) bond motifs is 3. The van der Waals surface area contributed by atoms with E-state index >= 15 is 0 Å². The van der Waals surface area contributed by atoms with Gasteiger partial charge in [0, 0.05) is 37.9 Å². The van der Waals surface area contributed by atoms with E-state index < -0.39 is 0 Å². The van der Waals surface area contributed by atoms with Crippen LogP contribution in [0.3, 0.4) is 0 Å². The highest BCUT2D eigenvalue weighted by molar-refractivity contribution is 5.80. The van der Waals surface area contributed by atoms with E-state index in [1.807, 2.05) is 0 Å². The summed E-state index contributed by atoms with van der Waals surface area (Å²) in [7, 11) is 0. The number of aryl methyl sites for hydroxylation is 1. The molecule has 0 radical (unpaired) electrons. The van der Waals surface area contributed by atoms with Crippen LogP contribution in [0.2, 0.25) is 0 Å². The van der Waals surface area contributed by atoms with E-state index in [4.69, 9.17) is 0 Å². The van der Waals surface area contributed by atoms with Crippen LogP contribution in [0.1, 0.15) is 75.4 Å². The predicted molar refractivity (Wildman–Crippen MR) is 95.1 cm³/mol. The second-order valence-corrected chi connectivity index (χ2v) is 8.84. The molecule has 4 atom stereocenters. The Hall–Kier alpha value is -1.39. The van der Waals surface area contributed by atoms with Crippen molar-refractivity contribution < 1.29 is 4.79 Å². The molecular weight excluding hydrogens is 312 g/mol. The number of rotatable bonds is 2. The van der Waals surface area contributed by atoms with E-state index in [9.17, 15) is 4.79 Å². The van der Waals surface area contributed by atoms with Gasteiger partial charge in [-0.25, -0.2) is 0 Å². The van der Waals surface area contributed by atoms with E-state index in [1.54, 1.807) is 0 Å². The number of carbonyl (C=O) groups excluding carboxylic acids is 1. The molecule has 0 unspecified atom stereocenters. The summed E-state index contributed by atoms with van der Waals surface area (Å²) in [5, 5.41) is 9.05. The van der Waals surface area contributed by atoms with Crippen molar-refractivity contribution in [2.75, 3.05) is 13.1 Å². The van der Waals surface area contributed by atoms with Crippen molar-refractivity contribution in [2.24, 2.45) is 17.8 Å². The second kappa shape index (κ2) is 6.40. The monoisotopic (exact) mass is 342 g/mol. The topological polar surface area (TPSA) is 51.0 Å². The van der Waals surface area contributed by atoms with E-state index in [-0.39, 0.29) is 0 Å². The maximum Gasteiger partial charge on any atom is 0.225 e. The van der Waals surface area contributed by atoms with Gasteiger partial charge in [0.2, 0.25) is 5.91 Å². The molecule has 0 aromatic carbocycles. The molecule has 2 aliphatic carbocycles. The van der Waals surface area contributed by atoms with Crippen LogP contribution in [0.4, 0.5) is 0 Å². The van der Waals surface area contributed by atoms with Gasteiger partial charge < -0.3 is 9.47 Å². The fraction of sp³-hybridized carbons (Fsp3) is 0.850. The van der Waals surface area contributed by atoms with Crippen LogP contribution in [0, 0.1) is 17.8 Å². The zero-order valence-electron chi connectivity index (χ0n) is 15.2. The van der Waals surface area contributed by atoms with Gasteiger partial charge in [-0.2, -0.15) is 0 Å². The molecule has 4 aliphatic rings. The predicted octanol–water partition coefficient (Wildman–Crippen LogP) is 3.15. The molecule has 3 fully saturated rings. The number of piperidine rings is 1. The third-order valence-electron chi connectivity index (χ3n) is 7.29. The Balaban J connectivity index is 1.31. The van der Waals surface area contributed by atoms with Crippen LogP contribution in [0.5, 0.6) is 0 Å². The van der Waals surface area contributed by atoms with Crippen molar-refractivity contribution in [3.8, 4) is 0 Å². The van der Waals surface area contributed by atoms with Crippen molar-refractivity contribution in [2.45, 2.75) is 76.7 Å². The van der Waals surface area contributed by atoms with Gasteiger partial charge in [0.1, 0.15) is 11.6 Å². The molecule has 2 bridgehead atoms. The number of aromatic nitrogens is 3. The minimum absolute atomic E-state index is 0.327. The van der Waals surface area contributed by atoms with E-state index in [1.165, 1.54) is 44.3 Å². The summed E-state index contributed by atoms with van der Waals surface area (Å²) in [5.74, 6) is 5.01. The lowest BCUT2D eigenvalue weighted by molar-refractivity contribution is -0.138. The molecule has 2 aliphatic heterocycles. The van der Waals surface area contributed by atoms with Crippen LogP contribution in [-0.4, -0.2) is 38.7 Å². The zero-order chi connectivity index (χ0) is 16.8. The van der Waals surface area contributed by atoms with Gasteiger partial charge in [-0.15, -0.1) is 10.2 Å². The average molecular weight is 342 g/mol. The summed E-state index contributed by atoms with van der Waals surface area (Å²) in [6.07, 6.45) is 12.2. The Morgan fingerprint density at radius 3 is 2.76 bits per heavy atom. The van der Waals surface area contributed by atoms with Gasteiger partial charge in [-0.05, 0) is 56.8 Å². The number of amides is 1.